The summed E-state index contributed by atoms with van der Waals surface area (Å²) in [6, 6.07) is 3.13. The van der Waals surface area contributed by atoms with E-state index in [2.05, 4.69) is 5.32 Å². The van der Waals surface area contributed by atoms with E-state index in [0.717, 1.165) is 22.5 Å². The second kappa shape index (κ2) is 6.86. The van der Waals surface area contributed by atoms with Crippen molar-refractivity contribution in [3.05, 3.63) is 24.0 Å². The van der Waals surface area contributed by atoms with E-state index in [1.165, 1.54) is 7.05 Å². The number of hydrogen-bond donors (Lipinski definition) is 2. The van der Waals surface area contributed by atoms with Crippen molar-refractivity contribution in [3.8, 4) is 0 Å². The van der Waals surface area contributed by atoms with Gasteiger partial charge in [-0.05, 0) is 24.1 Å². The first kappa shape index (κ1) is 17.4. The predicted molar refractivity (Wildman–Crippen MR) is 78.5 cm³/mol. The summed E-state index contributed by atoms with van der Waals surface area (Å²) < 4.78 is 38.4. The molecule has 1 amide bonds. The molecule has 0 aliphatic rings. The number of nitrogen functional groups attached to an aromatic ring is 1. The molecule has 0 radical (unpaired) electrons. The number of carbonyl (C=O) groups is 1. The first-order valence-corrected chi connectivity index (χ1v) is 7.86. The van der Waals surface area contributed by atoms with Gasteiger partial charge in [-0.25, -0.2) is 12.8 Å². The van der Waals surface area contributed by atoms with Crippen molar-refractivity contribution >= 4 is 21.6 Å². The number of hydrogen-bond acceptors (Lipinski definition) is 4. The van der Waals surface area contributed by atoms with E-state index < -0.39 is 21.7 Å². The van der Waals surface area contributed by atoms with Gasteiger partial charge in [-0.15, -0.1) is 0 Å². The fraction of sp³-hybridized carbons (Fsp3) is 0.462. The number of nitrogens with two attached hydrogens (primary N) is 1. The van der Waals surface area contributed by atoms with E-state index in [-0.39, 0.29) is 23.0 Å². The first-order chi connectivity index (χ1) is 9.64. The quantitative estimate of drug-likeness (QED) is 0.759. The van der Waals surface area contributed by atoms with Crippen LogP contribution in [0.2, 0.25) is 0 Å². The molecule has 0 saturated heterocycles. The number of halogens is 1. The molecular weight excluding hydrogens is 297 g/mol. The molecule has 0 spiro atoms. The Morgan fingerprint density at radius 3 is 2.57 bits per heavy atom. The predicted octanol–water partition coefficient (Wildman–Crippen LogP) is 0.801. The maximum atomic E-state index is 13.1. The van der Waals surface area contributed by atoms with Crippen LogP contribution < -0.4 is 11.1 Å². The molecule has 3 N–H and O–H groups in total. The van der Waals surface area contributed by atoms with Crippen LogP contribution in [0.1, 0.15) is 13.8 Å². The number of benzene rings is 1. The van der Waals surface area contributed by atoms with Gasteiger partial charge in [-0.3, -0.25) is 4.79 Å². The number of carbonyl (C=O) groups excluding carboxylic acids is 1. The van der Waals surface area contributed by atoms with Crippen molar-refractivity contribution in [3.63, 3.8) is 0 Å². The molecular formula is C13H20FN3O3S. The summed E-state index contributed by atoms with van der Waals surface area (Å²) in [6.07, 6.45) is 0. The monoisotopic (exact) mass is 317 g/mol. The number of nitrogens with zero attached hydrogens (tertiary/aromatic N) is 1. The van der Waals surface area contributed by atoms with Crippen LogP contribution in [0.5, 0.6) is 0 Å². The molecule has 0 aliphatic carbocycles. The van der Waals surface area contributed by atoms with Gasteiger partial charge in [-0.1, -0.05) is 13.8 Å². The summed E-state index contributed by atoms with van der Waals surface area (Å²) in [4.78, 5) is 11.5. The SMILES string of the molecule is CC(C)CNC(=O)CN(C)S(=O)(=O)c1ccc(F)c(N)c1. The minimum Gasteiger partial charge on any atom is -0.396 e. The fourth-order valence-electron chi connectivity index (χ4n) is 1.52. The third-order valence-electron chi connectivity index (χ3n) is 2.75. The molecule has 0 fully saturated rings. The van der Waals surface area contributed by atoms with Crippen LogP contribution >= 0.6 is 0 Å². The van der Waals surface area contributed by atoms with Gasteiger partial charge in [0.15, 0.2) is 0 Å². The summed E-state index contributed by atoms with van der Waals surface area (Å²) in [7, 11) is -2.60. The van der Waals surface area contributed by atoms with E-state index >= 15 is 0 Å². The molecule has 1 aromatic carbocycles. The molecule has 0 saturated carbocycles. The second-order valence-electron chi connectivity index (χ2n) is 5.14. The van der Waals surface area contributed by atoms with Crippen LogP contribution in [0.25, 0.3) is 0 Å². The molecule has 0 unspecified atom stereocenters. The number of amides is 1. The largest absolute Gasteiger partial charge is 0.396 e. The van der Waals surface area contributed by atoms with Crippen molar-refractivity contribution in [1.29, 1.82) is 0 Å². The molecule has 118 valence electrons. The smallest absolute Gasteiger partial charge is 0.243 e. The summed E-state index contributed by atoms with van der Waals surface area (Å²) in [5, 5.41) is 2.63. The van der Waals surface area contributed by atoms with E-state index in [0.29, 0.717) is 6.54 Å². The van der Waals surface area contributed by atoms with Gasteiger partial charge < -0.3 is 11.1 Å². The van der Waals surface area contributed by atoms with E-state index in [9.17, 15) is 17.6 Å². The van der Waals surface area contributed by atoms with Crippen molar-refractivity contribution in [2.45, 2.75) is 18.7 Å². The zero-order valence-corrected chi connectivity index (χ0v) is 13.1. The molecule has 0 heterocycles. The van der Waals surface area contributed by atoms with Crippen LogP contribution in [0.15, 0.2) is 23.1 Å². The maximum absolute atomic E-state index is 13.1. The molecule has 0 bridgehead atoms. The Hall–Kier alpha value is -1.67. The van der Waals surface area contributed by atoms with Gasteiger partial charge in [0, 0.05) is 13.6 Å². The molecule has 6 nitrogen and oxygen atoms in total. The van der Waals surface area contributed by atoms with E-state index in [1.54, 1.807) is 0 Å². The Kier molecular flexibility index (Phi) is 5.68. The fourth-order valence-corrected chi connectivity index (χ4v) is 2.69. The summed E-state index contributed by atoms with van der Waals surface area (Å²) in [5.74, 6) is -0.816. The molecule has 0 atom stereocenters. The Morgan fingerprint density at radius 2 is 2.05 bits per heavy atom. The Balaban J connectivity index is 2.82. The van der Waals surface area contributed by atoms with Gasteiger partial charge in [0.2, 0.25) is 15.9 Å². The third-order valence-corrected chi connectivity index (χ3v) is 4.55. The highest BCUT2D eigenvalue weighted by atomic mass is 32.2. The standard InChI is InChI=1S/C13H20FN3O3S/c1-9(2)7-16-13(18)8-17(3)21(19,20)10-4-5-11(14)12(15)6-10/h4-6,9H,7-8,15H2,1-3H3,(H,16,18). The number of likely N-dealkylation sites (N-methyl/N-ethyl adjacent to an activating group) is 1. The number of anilines is 1. The molecule has 8 heteroatoms. The first-order valence-electron chi connectivity index (χ1n) is 6.42. The third kappa shape index (κ3) is 4.68. The number of nitrogens with one attached hydrogen (secondary N) is 1. The zero-order chi connectivity index (χ0) is 16.2. The van der Waals surface area contributed by atoms with Crippen LogP contribution in [-0.2, 0) is 14.8 Å². The van der Waals surface area contributed by atoms with Crippen LogP contribution in [0.3, 0.4) is 0 Å². The Labute approximate surface area is 124 Å². The maximum Gasteiger partial charge on any atom is 0.243 e. The van der Waals surface area contributed by atoms with Gasteiger partial charge in [-0.2, -0.15) is 4.31 Å². The Morgan fingerprint density at radius 1 is 1.43 bits per heavy atom. The molecule has 0 aromatic heterocycles. The lowest BCUT2D eigenvalue weighted by Gasteiger charge is -2.17. The van der Waals surface area contributed by atoms with Crippen LogP contribution in [0, 0.1) is 11.7 Å². The average molecular weight is 317 g/mol. The van der Waals surface area contributed by atoms with Crippen molar-refractivity contribution in [2.75, 3.05) is 25.9 Å². The minimum atomic E-state index is -3.89. The highest BCUT2D eigenvalue weighted by Crippen LogP contribution is 2.19. The molecule has 1 rings (SSSR count). The lowest BCUT2D eigenvalue weighted by Crippen LogP contribution is -2.39. The van der Waals surface area contributed by atoms with E-state index in [1.807, 2.05) is 13.8 Å². The van der Waals surface area contributed by atoms with Crippen molar-refractivity contribution in [2.24, 2.45) is 5.92 Å². The van der Waals surface area contributed by atoms with Crippen LogP contribution in [0.4, 0.5) is 10.1 Å². The molecule has 0 aliphatic heterocycles. The number of rotatable bonds is 6. The second-order valence-corrected chi connectivity index (χ2v) is 7.19. The highest BCUT2D eigenvalue weighted by molar-refractivity contribution is 7.89. The van der Waals surface area contributed by atoms with Gasteiger partial charge in [0.25, 0.3) is 0 Å². The van der Waals surface area contributed by atoms with E-state index in [4.69, 9.17) is 5.73 Å². The topological polar surface area (TPSA) is 92.5 Å². The molecule has 21 heavy (non-hydrogen) atoms. The van der Waals surface area contributed by atoms with Crippen molar-refractivity contribution in [1.82, 2.24) is 9.62 Å². The normalized spacial score (nSPS) is 11.9. The lowest BCUT2D eigenvalue weighted by molar-refractivity contribution is -0.121. The summed E-state index contributed by atoms with van der Waals surface area (Å²) in [6.45, 7) is 4.02. The Bertz CT molecular complexity index is 617. The highest BCUT2D eigenvalue weighted by Gasteiger charge is 2.23. The summed E-state index contributed by atoms with van der Waals surface area (Å²) in [5.41, 5.74) is 5.11. The zero-order valence-electron chi connectivity index (χ0n) is 12.3. The lowest BCUT2D eigenvalue weighted by atomic mass is 10.2. The average Bonchev–Trinajstić information content (AvgIpc) is 2.39. The van der Waals surface area contributed by atoms with Gasteiger partial charge in [0.1, 0.15) is 5.82 Å². The minimum absolute atomic E-state index is 0.152. The van der Waals surface area contributed by atoms with Gasteiger partial charge in [0.05, 0.1) is 17.1 Å². The number of sulfonamides is 1. The van der Waals surface area contributed by atoms with Crippen molar-refractivity contribution < 1.29 is 17.6 Å². The van der Waals surface area contributed by atoms with Gasteiger partial charge >= 0.3 is 0 Å². The van der Waals surface area contributed by atoms with Crippen LogP contribution in [-0.4, -0.2) is 38.8 Å². The summed E-state index contributed by atoms with van der Waals surface area (Å²) >= 11 is 0. The molecule has 1 aromatic rings.